The van der Waals surface area contributed by atoms with Gasteiger partial charge in [0.15, 0.2) is 0 Å². The van der Waals surface area contributed by atoms with Gasteiger partial charge in [-0.15, -0.1) is 11.8 Å². The Morgan fingerprint density at radius 1 is 1.24 bits per heavy atom. The van der Waals surface area contributed by atoms with Gasteiger partial charge in [0.05, 0.1) is 11.3 Å². The maximum atomic E-state index is 13.4. The number of benzene rings is 2. The molecule has 0 saturated carbocycles. The average molecular weight is 304 g/mol. The summed E-state index contributed by atoms with van der Waals surface area (Å²) in [6.45, 7) is 0.448. The van der Waals surface area contributed by atoms with Crippen LogP contribution >= 0.6 is 11.8 Å². The van der Waals surface area contributed by atoms with Crippen molar-refractivity contribution in [3.63, 3.8) is 0 Å². The summed E-state index contributed by atoms with van der Waals surface area (Å²) in [4.78, 5) is 15.0. The van der Waals surface area contributed by atoms with Crippen molar-refractivity contribution in [3.8, 4) is 0 Å². The molecule has 0 spiro atoms. The topological polar surface area (TPSA) is 46.3 Å². The standard InChI is InChI=1S/C16H17FN2OS/c1-19(10-11-6-8-12(21-2)9-7-11)16(20)13-4-3-5-14(17)15(13)18/h3-9H,10,18H2,1-2H3. The van der Waals surface area contributed by atoms with Crippen molar-refractivity contribution in [2.24, 2.45) is 0 Å². The molecule has 0 radical (unpaired) electrons. The second-order valence-electron chi connectivity index (χ2n) is 4.71. The molecule has 0 saturated heterocycles. The molecule has 0 atom stereocenters. The van der Waals surface area contributed by atoms with Crippen molar-refractivity contribution in [3.05, 3.63) is 59.4 Å². The number of hydrogen-bond acceptors (Lipinski definition) is 3. The number of para-hydroxylation sites is 1. The molecule has 0 aromatic heterocycles. The monoisotopic (exact) mass is 304 g/mol. The number of nitrogen functional groups attached to an aromatic ring is 1. The first kappa shape index (κ1) is 15.4. The fourth-order valence-electron chi connectivity index (χ4n) is 2.01. The Morgan fingerprint density at radius 3 is 2.52 bits per heavy atom. The van der Waals surface area contributed by atoms with Crippen molar-refractivity contribution >= 4 is 23.4 Å². The van der Waals surface area contributed by atoms with Gasteiger partial charge in [0, 0.05) is 18.5 Å². The second-order valence-corrected chi connectivity index (χ2v) is 5.59. The van der Waals surface area contributed by atoms with Crippen molar-refractivity contribution in [1.82, 2.24) is 4.90 Å². The van der Waals surface area contributed by atoms with Crippen LogP contribution in [0.15, 0.2) is 47.4 Å². The summed E-state index contributed by atoms with van der Waals surface area (Å²) in [6, 6.07) is 12.2. The molecular weight excluding hydrogens is 287 g/mol. The number of nitrogens with two attached hydrogens (primary N) is 1. The zero-order valence-corrected chi connectivity index (χ0v) is 12.8. The fourth-order valence-corrected chi connectivity index (χ4v) is 2.41. The van der Waals surface area contributed by atoms with Gasteiger partial charge in [-0.2, -0.15) is 0 Å². The average Bonchev–Trinajstić information content (AvgIpc) is 2.50. The molecule has 0 unspecified atom stereocenters. The number of rotatable bonds is 4. The van der Waals surface area contributed by atoms with E-state index in [1.54, 1.807) is 18.8 Å². The number of nitrogens with zero attached hydrogens (tertiary/aromatic N) is 1. The predicted molar refractivity (Wildman–Crippen MR) is 84.8 cm³/mol. The summed E-state index contributed by atoms with van der Waals surface area (Å²) in [5, 5.41) is 0. The molecule has 0 bridgehead atoms. The highest BCUT2D eigenvalue weighted by molar-refractivity contribution is 7.98. The number of thioether (sulfide) groups is 1. The third-order valence-electron chi connectivity index (χ3n) is 3.21. The normalized spacial score (nSPS) is 10.4. The highest BCUT2D eigenvalue weighted by Gasteiger charge is 2.16. The molecule has 0 aliphatic heterocycles. The summed E-state index contributed by atoms with van der Waals surface area (Å²) in [7, 11) is 1.68. The Labute approximate surface area is 127 Å². The van der Waals surface area contributed by atoms with E-state index in [1.165, 1.54) is 28.0 Å². The summed E-state index contributed by atoms with van der Waals surface area (Å²) in [5.41, 5.74) is 6.73. The van der Waals surface area contributed by atoms with Crippen LogP contribution in [-0.2, 0) is 6.54 Å². The van der Waals surface area contributed by atoms with E-state index in [2.05, 4.69) is 0 Å². The van der Waals surface area contributed by atoms with E-state index >= 15 is 0 Å². The minimum atomic E-state index is -0.571. The van der Waals surface area contributed by atoms with Crippen LogP contribution in [-0.4, -0.2) is 24.1 Å². The van der Waals surface area contributed by atoms with Gasteiger partial charge in [0.25, 0.3) is 5.91 Å². The summed E-state index contributed by atoms with van der Waals surface area (Å²) >= 11 is 1.66. The highest BCUT2D eigenvalue weighted by atomic mass is 32.2. The molecule has 110 valence electrons. The van der Waals surface area contributed by atoms with Crippen molar-refractivity contribution in [2.75, 3.05) is 19.0 Å². The summed E-state index contributed by atoms with van der Waals surface area (Å²) in [5.74, 6) is -0.862. The molecule has 0 aliphatic carbocycles. The SMILES string of the molecule is CSc1ccc(CN(C)C(=O)c2cccc(F)c2N)cc1. The number of halogens is 1. The first-order chi connectivity index (χ1) is 10.0. The first-order valence-electron chi connectivity index (χ1n) is 6.45. The Hall–Kier alpha value is -2.01. The molecular formula is C16H17FN2OS. The van der Waals surface area contributed by atoms with Crippen molar-refractivity contribution in [2.45, 2.75) is 11.4 Å². The van der Waals surface area contributed by atoms with Crippen LogP contribution in [0, 0.1) is 5.82 Å². The van der Waals surface area contributed by atoms with Crippen LogP contribution in [0.25, 0.3) is 0 Å². The number of hydrogen-bond donors (Lipinski definition) is 1. The smallest absolute Gasteiger partial charge is 0.256 e. The molecule has 2 N–H and O–H groups in total. The van der Waals surface area contributed by atoms with Crippen LogP contribution in [0.5, 0.6) is 0 Å². The molecule has 1 amide bonds. The molecule has 0 aliphatic rings. The predicted octanol–water partition coefficient (Wildman–Crippen LogP) is 3.40. The first-order valence-corrected chi connectivity index (χ1v) is 7.67. The molecule has 5 heteroatoms. The maximum absolute atomic E-state index is 13.4. The van der Waals surface area contributed by atoms with E-state index in [0.717, 1.165) is 5.56 Å². The van der Waals surface area contributed by atoms with Gasteiger partial charge in [-0.25, -0.2) is 4.39 Å². The molecule has 2 aromatic rings. The zero-order valence-electron chi connectivity index (χ0n) is 12.0. The third kappa shape index (κ3) is 3.55. The Kier molecular flexibility index (Phi) is 4.85. The number of anilines is 1. The highest BCUT2D eigenvalue weighted by Crippen LogP contribution is 2.19. The van der Waals surface area contributed by atoms with E-state index < -0.39 is 5.82 Å². The van der Waals surface area contributed by atoms with Crippen LogP contribution < -0.4 is 5.73 Å². The molecule has 0 heterocycles. The van der Waals surface area contributed by atoms with Gasteiger partial charge >= 0.3 is 0 Å². The lowest BCUT2D eigenvalue weighted by Crippen LogP contribution is -2.27. The van der Waals surface area contributed by atoms with Gasteiger partial charge in [-0.3, -0.25) is 4.79 Å². The maximum Gasteiger partial charge on any atom is 0.256 e. The Balaban J connectivity index is 2.13. The van der Waals surface area contributed by atoms with Crippen LogP contribution in [0.1, 0.15) is 15.9 Å². The van der Waals surface area contributed by atoms with E-state index in [-0.39, 0.29) is 17.2 Å². The minimum Gasteiger partial charge on any atom is -0.396 e. The summed E-state index contributed by atoms with van der Waals surface area (Å²) < 4.78 is 13.4. The molecule has 3 nitrogen and oxygen atoms in total. The minimum absolute atomic E-state index is 0.105. The van der Waals surface area contributed by atoms with Crippen LogP contribution in [0.2, 0.25) is 0 Å². The lowest BCUT2D eigenvalue weighted by atomic mass is 10.1. The van der Waals surface area contributed by atoms with Crippen molar-refractivity contribution < 1.29 is 9.18 Å². The lowest BCUT2D eigenvalue weighted by Gasteiger charge is -2.18. The van der Waals surface area contributed by atoms with E-state index in [9.17, 15) is 9.18 Å². The Bertz CT molecular complexity index is 643. The quantitative estimate of drug-likeness (QED) is 0.695. The van der Waals surface area contributed by atoms with E-state index in [0.29, 0.717) is 6.54 Å². The van der Waals surface area contributed by atoms with Crippen LogP contribution in [0.3, 0.4) is 0 Å². The van der Waals surface area contributed by atoms with Gasteiger partial charge in [0.2, 0.25) is 0 Å². The molecule has 21 heavy (non-hydrogen) atoms. The summed E-state index contributed by atoms with van der Waals surface area (Å²) in [6.07, 6.45) is 2.01. The molecule has 2 aromatic carbocycles. The number of carbonyl (C=O) groups excluding carboxylic acids is 1. The van der Waals surface area contributed by atoms with Gasteiger partial charge < -0.3 is 10.6 Å². The Morgan fingerprint density at radius 2 is 1.90 bits per heavy atom. The van der Waals surface area contributed by atoms with E-state index in [1.807, 2.05) is 30.5 Å². The van der Waals surface area contributed by atoms with Gasteiger partial charge in [-0.05, 0) is 36.1 Å². The molecule has 0 fully saturated rings. The molecule has 2 rings (SSSR count). The third-order valence-corrected chi connectivity index (χ3v) is 3.95. The van der Waals surface area contributed by atoms with Crippen molar-refractivity contribution in [1.29, 1.82) is 0 Å². The van der Waals surface area contributed by atoms with Gasteiger partial charge in [0.1, 0.15) is 5.82 Å². The largest absolute Gasteiger partial charge is 0.396 e. The van der Waals surface area contributed by atoms with Gasteiger partial charge in [-0.1, -0.05) is 18.2 Å². The lowest BCUT2D eigenvalue weighted by molar-refractivity contribution is 0.0785. The number of carbonyl (C=O) groups is 1. The zero-order chi connectivity index (χ0) is 15.4. The van der Waals surface area contributed by atoms with Crippen LogP contribution in [0.4, 0.5) is 10.1 Å². The van der Waals surface area contributed by atoms with E-state index in [4.69, 9.17) is 5.73 Å². The fraction of sp³-hybridized carbons (Fsp3) is 0.188. The number of amides is 1. The second kappa shape index (κ2) is 6.63.